The molecule has 0 heterocycles. The zero-order valence-corrected chi connectivity index (χ0v) is 7.90. The molecule has 0 radical (unpaired) electrons. The SMILES string of the molecule is C=C/C=C(\OC)C(C)(C)C(F)(F)F. The van der Waals surface area contributed by atoms with Crippen molar-refractivity contribution in [2.45, 2.75) is 20.0 Å². The summed E-state index contributed by atoms with van der Waals surface area (Å²) in [5, 5.41) is 0. The molecule has 0 fully saturated rings. The maximum Gasteiger partial charge on any atom is 0.400 e. The standard InChI is InChI=1S/C9H13F3O/c1-5-6-7(13-4)8(2,3)9(10,11)12/h5-6H,1H2,2-4H3/b7-6-. The second kappa shape index (κ2) is 3.85. The van der Waals surface area contributed by atoms with E-state index in [1.165, 1.54) is 19.3 Å². The first-order chi connectivity index (χ1) is 5.77. The number of ether oxygens (including phenoxy) is 1. The minimum Gasteiger partial charge on any atom is -0.500 e. The first-order valence-corrected chi connectivity index (χ1v) is 3.71. The van der Waals surface area contributed by atoms with Gasteiger partial charge in [0.1, 0.15) is 11.2 Å². The Morgan fingerprint density at radius 3 is 2.00 bits per heavy atom. The van der Waals surface area contributed by atoms with Crippen LogP contribution in [0.5, 0.6) is 0 Å². The molecule has 0 rings (SSSR count). The highest BCUT2D eigenvalue weighted by Crippen LogP contribution is 2.43. The molecular weight excluding hydrogens is 181 g/mol. The van der Waals surface area contributed by atoms with Gasteiger partial charge < -0.3 is 4.74 Å². The van der Waals surface area contributed by atoms with E-state index >= 15 is 0 Å². The van der Waals surface area contributed by atoms with E-state index in [-0.39, 0.29) is 5.76 Å². The van der Waals surface area contributed by atoms with Crippen LogP contribution in [0.1, 0.15) is 13.8 Å². The van der Waals surface area contributed by atoms with Gasteiger partial charge in [-0.25, -0.2) is 0 Å². The average Bonchev–Trinajstić information content (AvgIpc) is 1.97. The van der Waals surface area contributed by atoms with Crippen molar-refractivity contribution >= 4 is 0 Å². The first-order valence-electron chi connectivity index (χ1n) is 3.71. The van der Waals surface area contributed by atoms with Crippen molar-refractivity contribution in [1.29, 1.82) is 0 Å². The van der Waals surface area contributed by atoms with Gasteiger partial charge in [-0.2, -0.15) is 13.2 Å². The summed E-state index contributed by atoms with van der Waals surface area (Å²) in [5.41, 5.74) is -1.98. The number of allylic oxidation sites excluding steroid dienone is 3. The van der Waals surface area contributed by atoms with Crippen molar-refractivity contribution < 1.29 is 17.9 Å². The van der Waals surface area contributed by atoms with Gasteiger partial charge in [0, 0.05) is 0 Å². The van der Waals surface area contributed by atoms with Crippen LogP contribution in [0.25, 0.3) is 0 Å². The monoisotopic (exact) mass is 194 g/mol. The molecule has 0 bridgehead atoms. The van der Waals surface area contributed by atoms with Gasteiger partial charge in [0.25, 0.3) is 0 Å². The fourth-order valence-corrected chi connectivity index (χ4v) is 0.778. The van der Waals surface area contributed by atoms with Crippen LogP contribution in [-0.2, 0) is 4.74 Å². The predicted octanol–water partition coefficient (Wildman–Crippen LogP) is 3.29. The van der Waals surface area contributed by atoms with E-state index in [9.17, 15) is 13.2 Å². The lowest BCUT2D eigenvalue weighted by molar-refractivity contribution is -0.207. The van der Waals surface area contributed by atoms with Crippen molar-refractivity contribution in [3.63, 3.8) is 0 Å². The highest BCUT2D eigenvalue weighted by atomic mass is 19.4. The molecule has 0 amide bonds. The summed E-state index contributed by atoms with van der Waals surface area (Å²) in [6.45, 7) is 5.44. The number of hydrogen-bond acceptors (Lipinski definition) is 1. The van der Waals surface area contributed by atoms with Crippen LogP contribution in [0.15, 0.2) is 24.5 Å². The highest BCUT2D eigenvalue weighted by Gasteiger charge is 2.50. The smallest absolute Gasteiger partial charge is 0.400 e. The van der Waals surface area contributed by atoms with Crippen molar-refractivity contribution in [3.05, 3.63) is 24.5 Å². The minimum atomic E-state index is -4.32. The van der Waals surface area contributed by atoms with Crippen LogP contribution in [0, 0.1) is 5.41 Å². The summed E-state index contributed by atoms with van der Waals surface area (Å²) < 4.78 is 42.0. The summed E-state index contributed by atoms with van der Waals surface area (Å²) >= 11 is 0. The van der Waals surface area contributed by atoms with E-state index in [1.807, 2.05) is 0 Å². The van der Waals surface area contributed by atoms with Gasteiger partial charge in [0.05, 0.1) is 7.11 Å². The summed E-state index contributed by atoms with van der Waals surface area (Å²) in [6, 6.07) is 0. The van der Waals surface area contributed by atoms with Crippen molar-refractivity contribution in [3.8, 4) is 0 Å². The van der Waals surface area contributed by atoms with Crippen molar-refractivity contribution in [1.82, 2.24) is 0 Å². The van der Waals surface area contributed by atoms with Gasteiger partial charge in [0.2, 0.25) is 0 Å². The number of rotatable bonds is 3. The molecule has 0 spiro atoms. The molecule has 0 aliphatic rings. The zero-order valence-electron chi connectivity index (χ0n) is 7.90. The van der Waals surface area contributed by atoms with Gasteiger partial charge in [-0.15, -0.1) is 0 Å². The fraction of sp³-hybridized carbons (Fsp3) is 0.556. The van der Waals surface area contributed by atoms with Crippen molar-refractivity contribution in [2.75, 3.05) is 7.11 Å². The minimum absolute atomic E-state index is 0.144. The quantitative estimate of drug-likeness (QED) is 0.494. The third-order valence-corrected chi connectivity index (χ3v) is 1.81. The molecular formula is C9H13F3O. The Morgan fingerprint density at radius 1 is 1.31 bits per heavy atom. The summed E-state index contributed by atoms with van der Waals surface area (Å²) in [4.78, 5) is 0. The van der Waals surface area contributed by atoms with E-state index in [1.54, 1.807) is 0 Å². The van der Waals surface area contributed by atoms with E-state index < -0.39 is 11.6 Å². The van der Waals surface area contributed by atoms with E-state index in [4.69, 9.17) is 0 Å². The predicted molar refractivity (Wildman–Crippen MR) is 45.1 cm³/mol. The lowest BCUT2D eigenvalue weighted by Gasteiger charge is -2.29. The molecule has 13 heavy (non-hydrogen) atoms. The summed E-state index contributed by atoms with van der Waals surface area (Å²) in [7, 11) is 1.21. The second-order valence-electron chi connectivity index (χ2n) is 3.09. The zero-order chi connectivity index (χ0) is 10.7. The maximum atomic E-state index is 12.4. The molecule has 0 aromatic heterocycles. The third-order valence-electron chi connectivity index (χ3n) is 1.81. The van der Waals surface area contributed by atoms with E-state index in [2.05, 4.69) is 11.3 Å². The number of halogens is 3. The highest BCUT2D eigenvalue weighted by molar-refractivity contribution is 5.13. The molecule has 1 nitrogen and oxygen atoms in total. The molecule has 0 N–H and O–H groups in total. The molecule has 0 aliphatic heterocycles. The molecule has 76 valence electrons. The van der Waals surface area contributed by atoms with Gasteiger partial charge in [-0.3, -0.25) is 0 Å². The van der Waals surface area contributed by atoms with Gasteiger partial charge >= 0.3 is 6.18 Å². The molecule has 0 aromatic carbocycles. The maximum absolute atomic E-state index is 12.4. The molecule has 0 saturated heterocycles. The number of hydrogen-bond donors (Lipinski definition) is 0. The normalized spacial score (nSPS) is 14.2. The second-order valence-corrected chi connectivity index (χ2v) is 3.09. The number of methoxy groups -OCH3 is 1. The Labute approximate surface area is 75.9 Å². The Balaban J connectivity index is 5.00. The van der Waals surface area contributed by atoms with E-state index in [0.717, 1.165) is 13.8 Å². The fourth-order valence-electron chi connectivity index (χ4n) is 0.778. The Bertz CT molecular complexity index is 213. The Kier molecular flexibility index (Phi) is 3.58. The molecule has 0 unspecified atom stereocenters. The molecule has 0 aromatic rings. The van der Waals surface area contributed by atoms with Crippen LogP contribution >= 0.6 is 0 Å². The third kappa shape index (κ3) is 2.50. The van der Waals surface area contributed by atoms with Crippen LogP contribution in [0.3, 0.4) is 0 Å². The summed E-state index contributed by atoms with van der Waals surface area (Å²) in [5.74, 6) is -0.144. The van der Waals surface area contributed by atoms with Crippen molar-refractivity contribution in [2.24, 2.45) is 5.41 Å². The lowest BCUT2D eigenvalue weighted by atomic mass is 9.89. The molecule has 4 heteroatoms. The van der Waals surface area contributed by atoms with E-state index in [0.29, 0.717) is 0 Å². The van der Waals surface area contributed by atoms with Gasteiger partial charge in [-0.05, 0) is 19.9 Å². The molecule has 0 aliphatic carbocycles. The average molecular weight is 194 g/mol. The molecule has 0 atom stereocenters. The van der Waals surface area contributed by atoms with Crippen LogP contribution in [0.4, 0.5) is 13.2 Å². The summed E-state index contributed by atoms with van der Waals surface area (Å²) in [6.07, 6.45) is -1.84. The molecule has 0 saturated carbocycles. The Hall–Kier alpha value is -0.930. The largest absolute Gasteiger partial charge is 0.500 e. The van der Waals surface area contributed by atoms with Gasteiger partial charge in [-0.1, -0.05) is 12.7 Å². The van der Waals surface area contributed by atoms with Crippen LogP contribution < -0.4 is 0 Å². The van der Waals surface area contributed by atoms with Gasteiger partial charge in [0.15, 0.2) is 0 Å². The van der Waals surface area contributed by atoms with Crippen LogP contribution in [0.2, 0.25) is 0 Å². The Morgan fingerprint density at radius 2 is 1.77 bits per heavy atom. The van der Waals surface area contributed by atoms with Crippen LogP contribution in [-0.4, -0.2) is 13.3 Å². The first kappa shape index (κ1) is 12.1. The number of alkyl halides is 3. The lowest BCUT2D eigenvalue weighted by Crippen LogP contribution is -2.34. The topological polar surface area (TPSA) is 9.23 Å².